The number of rotatable bonds is 2. The maximum absolute atomic E-state index is 12.4. The second-order valence-electron chi connectivity index (χ2n) is 4.64. The Morgan fingerprint density at radius 1 is 1.18 bits per heavy atom. The van der Waals surface area contributed by atoms with Crippen LogP contribution in [0.1, 0.15) is 17.3 Å². The minimum absolute atomic E-state index is 0.151. The number of ketones is 1. The van der Waals surface area contributed by atoms with Crippen LogP contribution in [0.3, 0.4) is 0 Å². The molecule has 1 aliphatic heterocycles. The number of nitrogens with zero attached hydrogens (tertiary/aromatic N) is 2. The van der Waals surface area contributed by atoms with Gasteiger partial charge >= 0.3 is 0 Å². The van der Waals surface area contributed by atoms with Gasteiger partial charge in [0.1, 0.15) is 0 Å². The zero-order chi connectivity index (χ0) is 15.7. The van der Waals surface area contributed by atoms with Crippen LogP contribution in [0.4, 0.5) is 5.69 Å². The van der Waals surface area contributed by atoms with E-state index >= 15 is 0 Å². The molecule has 0 aliphatic carbocycles. The maximum atomic E-state index is 12.4. The van der Waals surface area contributed by atoms with E-state index in [0.29, 0.717) is 16.3 Å². The molecule has 6 heteroatoms. The summed E-state index contributed by atoms with van der Waals surface area (Å²) in [6, 6.07) is 14.6. The van der Waals surface area contributed by atoms with E-state index in [1.165, 1.54) is 23.7 Å². The molecule has 0 atom stereocenters. The molecule has 1 amide bonds. The van der Waals surface area contributed by atoms with Gasteiger partial charge in [0.2, 0.25) is 11.7 Å². The molecular formula is C16H11BrN2O2S. The van der Waals surface area contributed by atoms with Crippen molar-refractivity contribution in [3.8, 4) is 0 Å². The Labute approximate surface area is 140 Å². The van der Waals surface area contributed by atoms with Crippen molar-refractivity contribution in [1.82, 2.24) is 0 Å². The van der Waals surface area contributed by atoms with Crippen molar-refractivity contribution < 1.29 is 9.59 Å². The van der Waals surface area contributed by atoms with Crippen LogP contribution in [-0.4, -0.2) is 16.7 Å². The normalized spacial score (nSPS) is 15.0. The first-order valence-corrected chi connectivity index (χ1v) is 8.13. The van der Waals surface area contributed by atoms with E-state index in [4.69, 9.17) is 0 Å². The summed E-state index contributed by atoms with van der Waals surface area (Å²) in [5.41, 5.74) is 1.24. The molecule has 0 aromatic heterocycles. The van der Waals surface area contributed by atoms with Crippen LogP contribution in [0.2, 0.25) is 0 Å². The average molecular weight is 375 g/mol. The van der Waals surface area contributed by atoms with E-state index < -0.39 is 0 Å². The van der Waals surface area contributed by atoms with E-state index in [1.807, 2.05) is 30.3 Å². The van der Waals surface area contributed by atoms with Gasteiger partial charge in [0.25, 0.3) is 0 Å². The van der Waals surface area contributed by atoms with E-state index in [1.54, 1.807) is 18.2 Å². The fourth-order valence-corrected chi connectivity index (χ4v) is 3.42. The highest BCUT2D eigenvalue weighted by Gasteiger charge is 2.28. The molecule has 0 saturated carbocycles. The Balaban J connectivity index is 1.99. The first kappa shape index (κ1) is 15.0. The number of thioether (sulfide) groups is 1. The number of hydrogen-bond acceptors (Lipinski definition) is 4. The van der Waals surface area contributed by atoms with Crippen molar-refractivity contribution in [3.63, 3.8) is 0 Å². The molecule has 2 aromatic rings. The quantitative estimate of drug-likeness (QED) is 0.743. The van der Waals surface area contributed by atoms with Gasteiger partial charge in [-0.1, -0.05) is 45.9 Å². The van der Waals surface area contributed by atoms with E-state index in [2.05, 4.69) is 21.0 Å². The van der Waals surface area contributed by atoms with Crippen LogP contribution in [0.25, 0.3) is 0 Å². The number of benzene rings is 2. The summed E-state index contributed by atoms with van der Waals surface area (Å²) in [5, 5.41) is 5.82. The first-order chi connectivity index (χ1) is 10.6. The predicted molar refractivity (Wildman–Crippen MR) is 91.4 cm³/mol. The second-order valence-corrected chi connectivity index (χ2v) is 6.59. The number of anilines is 1. The summed E-state index contributed by atoms with van der Waals surface area (Å²) in [7, 11) is 0. The van der Waals surface area contributed by atoms with Crippen molar-refractivity contribution in [2.24, 2.45) is 5.10 Å². The number of amides is 1. The molecule has 110 valence electrons. The highest BCUT2D eigenvalue weighted by molar-refractivity contribution is 9.10. The van der Waals surface area contributed by atoms with Gasteiger partial charge in [-0.15, -0.1) is 0 Å². The summed E-state index contributed by atoms with van der Waals surface area (Å²) in [5.74, 6) is -0.406. The summed E-state index contributed by atoms with van der Waals surface area (Å²) >= 11 is 4.65. The van der Waals surface area contributed by atoms with Crippen LogP contribution in [0.15, 0.2) is 63.0 Å². The van der Waals surface area contributed by atoms with E-state index in [9.17, 15) is 9.59 Å². The largest absolute Gasteiger partial charge is 0.286 e. The molecule has 0 bridgehead atoms. The molecule has 1 aliphatic rings. The van der Waals surface area contributed by atoms with Crippen molar-refractivity contribution >= 4 is 50.1 Å². The lowest BCUT2D eigenvalue weighted by atomic mass is 10.1. The average Bonchev–Trinajstić information content (AvgIpc) is 2.81. The summed E-state index contributed by atoms with van der Waals surface area (Å²) < 4.78 is 0.838. The van der Waals surface area contributed by atoms with Crippen LogP contribution in [0, 0.1) is 0 Å². The fraction of sp³-hybridized carbons (Fsp3) is 0.0625. The lowest BCUT2D eigenvalue weighted by molar-refractivity contribution is -0.116. The molecule has 0 radical (unpaired) electrons. The Bertz CT molecular complexity index is 804. The van der Waals surface area contributed by atoms with Crippen molar-refractivity contribution in [2.75, 3.05) is 5.01 Å². The summed E-state index contributed by atoms with van der Waals surface area (Å²) in [4.78, 5) is 25.1. The Morgan fingerprint density at radius 3 is 2.64 bits per heavy atom. The molecule has 22 heavy (non-hydrogen) atoms. The SMILES string of the molecule is CC(=O)N(N=C1Sc2ccccc2C1=O)c1cccc(Br)c1. The molecule has 0 saturated heterocycles. The Kier molecular flexibility index (Phi) is 4.13. The number of hydrogen-bond donors (Lipinski definition) is 0. The summed E-state index contributed by atoms with van der Waals surface area (Å²) in [6.45, 7) is 1.42. The predicted octanol–water partition coefficient (Wildman–Crippen LogP) is 4.10. The van der Waals surface area contributed by atoms with Gasteiger partial charge in [-0.25, -0.2) is 0 Å². The monoisotopic (exact) mass is 374 g/mol. The van der Waals surface area contributed by atoms with Crippen LogP contribution < -0.4 is 5.01 Å². The number of carbonyl (C=O) groups excluding carboxylic acids is 2. The molecule has 0 fully saturated rings. The zero-order valence-corrected chi connectivity index (χ0v) is 14.0. The van der Waals surface area contributed by atoms with Gasteiger partial charge in [0, 0.05) is 21.9 Å². The van der Waals surface area contributed by atoms with Crippen LogP contribution in [0.5, 0.6) is 0 Å². The first-order valence-electron chi connectivity index (χ1n) is 6.53. The fourth-order valence-electron chi connectivity index (χ4n) is 2.08. The van der Waals surface area contributed by atoms with E-state index in [-0.39, 0.29) is 11.7 Å². The number of hydrazone groups is 1. The van der Waals surface area contributed by atoms with Crippen molar-refractivity contribution in [1.29, 1.82) is 0 Å². The topological polar surface area (TPSA) is 49.7 Å². The lowest BCUT2D eigenvalue weighted by Gasteiger charge is -2.15. The third-order valence-corrected chi connectivity index (χ3v) is 4.60. The second kappa shape index (κ2) is 6.06. The van der Waals surface area contributed by atoms with Crippen molar-refractivity contribution in [2.45, 2.75) is 11.8 Å². The molecule has 0 spiro atoms. The van der Waals surface area contributed by atoms with E-state index in [0.717, 1.165) is 9.37 Å². The minimum atomic E-state index is -0.255. The third kappa shape index (κ3) is 2.84. The summed E-state index contributed by atoms with van der Waals surface area (Å²) in [6.07, 6.45) is 0. The van der Waals surface area contributed by atoms with Crippen LogP contribution >= 0.6 is 27.7 Å². The molecule has 0 N–H and O–H groups in total. The van der Waals surface area contributed by atoms with Gasteiger partial charge in [-0.2, -0.15) is 10.1 Å². The molecule has 1 heterocycles. The molecule has 3 rings (SSSR count). The van der Waals surface area contributed by atoms with Crippen LogP contribution in [-0.2, 0) is 4.79 Å². The third-order valence-electron chi connectivity index (χ3n) is 3.07. The Morgan fingerprint density at radius 2 is 1.95 bits per heavy atom. The molecule has 4 nitrogen and oxygen atoms in total. The highest BCUT2D eigenvalue weighted by Crippen LogP contribution is 2.34. The number of halogens is 1. The van der Waals surface area contributed by atoms with Gasteiger partial charge in [-0.05, 0) is 30.3 Å². The molecule has 2 aromatic carbocycles. The molecular weight excluding hydrogens is 364 g/mol. The smallest absolute Gasteiger partial charge is 0.244 e. The van der Waals surface area contributed by atoms with Crippen molar-refractivity contribution in [3.05, 3.63) is 58.6 Å². The lowest BCUT2D eigenvalue weighted by Crippen LogP contribution is -2.24. The van der Waals surface area contributed by atoms with Gasteiger partial charge < -0.3 is 0 Å². The maximum Gasteiger partial charge on any atom is 0.244 e. The van der Waals surface area contributed by atoms with Gasteiger partial charge in [0.05, 0.1) is 5.69 Å². The zero-order valence-electron chi connectivity index (χ0n) is 11.6. The number of Topliss-reactive ketones (excluding diaryl/α,β-unsaturated/α-hetero) is 1. The van der Waals surface area contributed by atoms with Gasteiger partial charge in [-0.3, -0.25) is 9.59 Å². The van der Waals surface area contributed by atoms with Gasteiger partial charge in [0.15, 0.2) is 5.04 Å². The number of carbonyl (C=O) groups is 2. The Hall–Kier alpha value is -1.92. The standard InChI is InChI=1S/C16H11BrN2O2S/c1-10(20)19(12-6-4-5-11(17)9-12)18-16-15(21)13-7-2-3-8-14(13)22-16/h2-9H,1H3. The minimum Gasteiger partial charge on any atom is -0.286 e. The molecule has 0 unspecified atom stereocenters. The highest BCUT2D eigenvalue weighted by atomic mass is 79.9. The number of fused-ring (bicyclic) bond motifs is 1.